The summed E-state index contributed by atoms with van der Waals surface area (Å²) in [6.45, 7) is 5.19. The Bertz CT molecular complexity index is 126. The number of hydrogen-bond donors (Lipinski definition) is 3. The molecule has 0 rings (SSSR count). The molecule has 72 valence electrons. The van der Waals surface area contributed by atoms with E-state index in [0.717, 1.165) is 13.0 Å². The fourth-order valence-corrected chi connectivity index (χ4v) is 0.703. The Hall–Kier alpha value is -0.610. The van der Waals surface area contributed by atoms with E-state index < -0.39 is 6.10 Å². The number of aliphatic hydroxyl groups excluding tert-OH is 1. The van der Waals surface area contributed by atoms with E-state index in [1.807, 2.05) is 6.92 Å². The van der Waals surface area contributed by atoms with Crippen molar-refractivity contribution in [2.75, 3.05) is 19.6 Å². The van der Waals surface area contributed by atoms with E-state index in [1.165, 1.54) is 0 Å². The molecule has 0 radical (unpaired) electrons. The number of carbonyl (C=O) groups is 1. The number of aliphatic hydroxyl groups is 1. The van der Waals surface area contributed by atoms with Crippen molar-refractivity contribution in [3.05, 3.63) is 0 Å². The molecule has 0 unspecified atom stereocenters. The Labute approximate surface area is 73.3 Å². The third-order valence-electron chi connectivity index (χ3n) is 1.31. The monoisotopic (exact) mass is 174 g/mol. The van der Waals surface area contributed by atoms with Crippen LogP contribution in [0.4, 0.5) is 0 Å². The predicted molar refractivity (Wildman–Crippen MR) is 47.9 cm³/mol. The number of nitrogens with one attached hydrogen (secondary N) is 2. The molecule has 4 nitrogen and oxygen atoms in total. The largest absolute Gasteiger partial charge is 0.392 e. The summed E-state index contributed by atoms with van der Waals surface area (Å²) in [7, 11) is 0. The molecule has 0 aliphatic rings. The molecule has 0 aromatic rings. The van der Waals surface area contributed by atoms with Crippen LogP contribution in [0.5, 0.6) is 0 Å². The maximum atomic E-state index is 10.9. The van der Waals surface area contributed by atoms with Gasteiger partial charge in [0.2, 0.25) is 5.91 Å². The van der Waals surface area contributed by atoms with Gasteiger partial charge in [-0.2, -0.15) is 0 Å². The SMILES string of the molecule is CCCNCC(=O)NC[C@@H](C)O. The molecule has 0 aromatic heterocycles. The molecule has 1 atom stereocenters. The lowest BCUT2D eigenvalue weighted by Gasteiger charge is -2.07. The third kappa shape index (κ3) is 7.50. The highest BCUT2D eigenvalue weighted by molar-refractivity contribution is 5.77. The summed E-state index contributed by atoms with van der Waals surface area (Å²) in [5, 5.41) is 14.4. The van der Waals surface area contributed by atoms with E-state index in [-0.39, 0.29) is 5.91 Å². The highest BCUT2D eigenvalue weighted by Gasteiger charge is 2.00. The highest BCUT2D eigenvalue weighted by atomic mass is 16.3. The van der Waals surface area contributed by atoms with Crippen molar-refractivity contribution in [2.45, 2.75) is 26.4 Å². The quantitative estimate of drug-likeness (QED) is 0.475. The first-order valence-corrected chi connectivity index (χ1v) is 4.32. The van der Waals surface area contributed by atoms with Crippen LogP contribution in [0.3, 0.4) is 0 Å². The lowest BCUT2D eigenvalue weighted by Crippen LogP contribution is -2.37. The zero-order chi connectivity index (χ0) is 9.40. The van der Waals surface area contributed by atoms with Crippen molar-refractivity contribution in [3.8, 4) is 0 Å². The minimum atomic E-state index is -0.472. The normalized spacial score (nSPS) is 12.6. The van der Waals surface area contributed by atoms with Crippen LogP contribution in [0.2, 0.25) is 0 Å². The van der Waals surface area contributed by atoms with Crippen LogP contribution >= 0.6 is 0 Å². The second kappa shape index (κ2) is 7.06. The second-order valence-electron chi connectivity index (χ2n) is 2.83. The van der Waals surface area contributed by atoms with Gasteiger partial charge in [0.1, 0.15) is 0 Å². The van der Waals surface area contributed by atoms with Gasteiger partial charge >= 0.3 is 0 Å². The van der Waals surface area contributed by atoms with Gasteiger partial charge in [-0.3, -0.25) is 4.79 Å². The van der Waals surface area contributed by atoms with Crippen molar-refractivity contribution < 1.29 is 9.90 Å². The smallest absolute Gasteiger partial charge is 0.234 e. The van der Waals surface area contributed by atoms with Crippen molar-refractivity contribution in [3.63, 3.8) is 0 Å². The Balaban J connectivity index is 3.22. The first-order chi connectivity index (χ1) is 5.66. The number of carbonyl (C=O) groups excluding carboxylic acids is 1. The fraction of sp³-hybridized carbons (Fsp3) is 0.875. The molecule has 4 heteroatoms. The van der Waals surface area contributed by atoms with Crippen molar-refractivity contribution in [1.29, 1.82) is 0 Å². The number of rotatable bonds is 6. The first kappa shape index (κ1) is 11.4. The van der Waals surface area contributed by atoms with Crippen molar-refractivity contribution in [2.24, 2.45) is 0 Å². The molecule has 0 spiro atoms. The van der Waals surface area contributed by atoms with Crippen LogP contribution in [-0.2, 0) is 4.79 Å². The fourth-order valence-electron chi connectivity index (χ4n) is 0.703. The molecule has 1 amide bonds. The summed E-state index contributed by atoms with van der Waals surface area (Å²) in [4.78, 5) is 10.9. The lowest BCUT2D eigenvalue weighted by molar-refractivity contribution is -0.120. The lowest BCUT2D eigenvalue weighted by atomic mass is 10.4. The maximum absolute atomic E-state index is 10.9. The topological polar surface area (TPSA) is 61.4 Å². The molecule has 3 N–H and O–H groups in total. The summed E-state index contributed by atoms with van der Waals surface area (Å²) >= 11 is 0. The zero-order valence-corrected chi connectivity index (χ0v) is 7.76. The summed E-state index contributed by atoms with van der Waals surface area (Å²) < 4.78 is 0. The van der Waals surface area contributed by atoms with Crippen LogP contribution in [0.25, 0.3) is 0 Å². The van der Waals surface area contributed by atoms with Gasteiger partial charge in [0.25, 0.3) is 0 Å². The Morgan fingerprint density at radius 2 is 2.25 bits per heavy atom. The summed E-state index contributed by atoms with van der Waals surface area (Å²) in [6, 6.07) is 0. The molecular formula is C8H18N2O2. The van der Waals surface area contributed by atoms with E-state index >= 15 is 0 Å². The van der Waals surface area contributed by atoms with E-state index in [1.54, 1.807) is 6.92 Å². The molecule has 0 saturated heterocycles. The van der Waals surface area contributed by atoms with Crippen LogP contribution in [0.1, 0.15) is 20.3 Å². The minimum Gasteiger partial charge on any atom is -0.392 e. The highest BCUT2D eigenvalue weighted by Crippen LogP contribution is 1.75. The molecule has 0 aliphatic carbocycles. The maximum Gasteiger partial charge on any atom is 0.234 e. The van der Waals surface area contributed by atoms with E-state index in [4.69, 9.17) is 5.11 Å². The number of hydrogen-bond acceptors (Lipinski definition) is 3. The Kier molecular flexibility index (Phi) is 6.70. The Morgan fingerprint density at radius 1 is 1.58 bits per heavy atom. The van der Waals surface area contributed by atoms with E-state index in [9.17, 15) is 4.79 Å². The molecule has 0 heterocycles. The number of amides is 1. The summed E-state index contributed by atoms with van der Waals surface area (Å²) in [5.41, 5.74) is 0. The third-order valence-corrected chi connectivity index (χ3v) is 1.31. The molecule has 0 fully saturated rings. The second-order valence-corrected chi connectivity index (χ2v) is 2.83. The predicted octanol–water partition coefficient (Wildman–Crippen LogP) is -0.517. The van der Waals surface area contributed by atoms with Crippen molar-refractivity contribution >= 4 is 5.91 Å². The molecule has 12 heavy (non-hydrogen) atoms. The van der Waals surface area contributed by atoms with Gasteiger partial charge in [-0.15, -0.1) is 0 Å². The van der Waals surface area contributed by atoms with Crippen molar-refractivity contribution in [1.82, 2.24) is 10.6 Å². The van der Waals surface area contributed by atoms with Crippen LogP contribution in [0, 0.1) is 0 Å². The average molecular weight is 174 g/mol. The Morgan fingerprint density at radius 3 is 2.75 bits per heavy atom. The molecule has 0 aliphatic heterocycles. The molecular weight excluding hydrogens is 156 g/mol. The minimum absolute atomic E-state index is 0.0654. The first-order valence-electron chi connectivity index (χ1n) is 4.32. The average Bonchev–Trinajstić information content (AvgIpc) is 2.01. The van der Waals surface area contributed by atoms with Crippen LogP contribution in [-0.4, -0.2) is 36.8 Å². The van der Waals surface area contributed by atoms with Gasteiger partial charge in [-0.05, 0) is 19.9 Å². The van der Waals surface area contributed by atoms with Crippen LogP contribution in [0.15, 0.2) is 0 Å². The van der Waals surface area contributed by atoms with Gasteiger partial charge in [0, 0.05) is 6.54 Å². The standard InChI is InChI=1S/C8H18N2O2/c1-3-4-9-6-8(12)10-5-7(2)11/h7,9,11H,3-6H2,1-2H3,(H,10,12)/t7-/m1/s1. The molecule has 0 saturated carbocycles. The van der Waals surface area contributed by atoms with Gasteiger partial charge in [-0.1, -0.05) is 6.92 Å². The van der Waals surface area contributed by atoms with E-state index in [2.05, 4.69) is 10.6 Å². The van der Waals surface area contributed by atoms with Gasteiger partial charge in [0.15, 0.2) is 0 Å². The molecule has 0 bridgehead atoms. The van der Waals surface area contributed by atoms with Gasteiger partial charge < -0.3 is 15.7 Å². The summed E-state index contributed by atoms with van der Waals surface area (Å²) in [5.74, 6) is -0.0654. The summed E-state index contributed by atoms with van der Waals surface area (Å²) in [6.07, 6.45) is 0.545. The van der Waals surface area contributed by atoms with E-state index in [0.29, 0.717) is 13.1 Å². The van der Waals surface area contributed by atoms with Gasteiger partial charge in [0.05, 0.1) is 12.6 Å². The molecule has 0 aromatic carbocycles. The zero-order valence-electron chi connectivity index (χ0n) is 7.76. The van der Waals surface area contributed by atoms with Gasteiger partial charge in [-0.25, -0.2) is 0 Å². The van der Waals surface area contributed by atoms with Crippen LogP contribution < -0.4 is 10.6 Å².